The molecule has 1 aromatic carbocycles. The molecule has 2 heterocycles. The molecule has 0 spiro atoms. The largest absolute Gasteiger partial charge is 0.381 e. The van der Waals surface area contributed by atoms with Gasteiger partial charge in [-0.1, -0.05) is 28.1 Å². The van der Waals surface area contributed by atoms with Crippen molar-refractivity contribution in [2.24, 2.45) is 0 Å². The van der Waals surface area contributed by atoms with Gasteiger partial charge in [0.1, 0.15) is 0 Å². The van der Waals surface area contributed by atoms with E-state index >= 15 is 0 Å². The SMILES string of the molecule is Nc1nc2ccccc2n2c(CBr)cnc12. The molecule has 0 aliphatic rings. The van der Waals surface area contributed by atoms with Gasteiger partial charge in [0.2, 0.25) is 0 Å². The molecule has 0 saturated heterocycles. The molecule has 0 saturated carbocycles. The number of nitrogen functional groups attached to an aromatic ring is 1. The maximum Gasteiger partial charge on any atom is 0.180 e. The molecule has 80 valence electrons. The highest BCUT2D eigenvalue weighted by atomic mass is 79.9. The van der Waals surface area contributed by atoms with Crippen LogP contribution in [0.15, 0.2) is 30.5 Å². The Bertz CT molecular complexity index is 674. The van der Waals surface area contributed by atoms with E-state index in [9.17, 15) is 0 Å². The molecule has 5 heteroatoms. The molecule has 0 radical (unpaired) electrons. The Morgan fingerprint density at radius 3 is 2.94 bits per heavy atom. The van der Waals surface area contributed by atoms with Crippen LogP contribution in [0.5, 0.6) is 0 Å². The van der Waals surface area contributed by atoms with E-state index in [1.165, 1.54) is 0 Å². The van der Waals surface area contributed by atoms with Gasteiger partial charge in [0.05, 0.1) is 22.9 Å². The number of nitrogens with zero attached hydrogens (tertiary/aromatic N) is 3. The van der Waals surface area contributed by atoms with Crippen molar-refractivity contribution in [1.82, 2.24) is 14.4 Å². The van der Waals surface area contributed by atoms with Crippen molar-refractivity contribution in [1.29, 1.82) is 0 Å². The molecule has 2 aromatic heterocycles. The Morgan fingerprint density at radius 2 is 2.12 bits per heavy atom. The Morgan fingerprint density at radius 1 is 1.31 bits per heavy atom. The van der Waals surface area contributed by atoms with Gasteiger partial charge >= 0.3 is 0 Å². The third kappa shape index (κ3) is 1.21. The van der Waals surface area contributed by atoms with Gasteiger partial charge in [-0.25, -0.2) is 9.97 Å². The Balaban J connectivity index is 2.59. The van der Waals surface area contributed by atoms with E-state index in [2.05, 4.69) is 25.9 Å². The molecule has 4 nitrogen and oxygen atoms in total. The summed E-state index contributed by atoms with van der Waals surface area (Å²) in [6, 6.07) is 7.90. The summed E-state index contributed by atoms with van der Waals surface area (Å²) in [4.78, 5) is 8.62. The van der Waals surface area contributed by atoms with E-state index in [0.717, 1.165) is 22.1 Å². The van der Waals surface area contributed by atoms with Crippen LogP contribution < -0.4 is 5.73 Å². The first kappa shape index (κ1) is 9.59. The molecule has 0 unspecified atom stereocenters. The number of imidazole rings is 1. The van der Waals surface area contributed by atoms with E-state index in [4.69, 9.17) is 5.73 Å². The number of hydrogen-bond acceptors (Lipinski definition) is 3. The van der Waals surface area contributed by atoms with Crippen molar-refractivity contribution < 1.29 is 0 Å². The number of alkyl halides is 1. The molecular formula is C11H9BrN4. The third-order valence-electron chi connectivity index (χ3n) is 2.56. The van der Waals surface area contributed by atoms with Crippen molar-refractivity contribution in [2.75, 3.05) is 5.73 Å². The number of anilines is 1. The number of hydrogen-bond donors (Lipinski definition) is 1. The van der Waals surface area contributed by atoms with Gasteiger partial charge in [-0.05, 0) is 12.1 Å². The van der Waals surface area contributed by atoms with E-state index in [1.54, 1.807) is 0 Å². The van der Waals surface area contributed by atoms with Crippen LogP contribution in [0.4, 0.5) is 5.82 Å². The molecule has 0 atom stereocenters. The molecule has 16 heavy (non-hydrogen) atoms. The second kappa shape index (κ2) is 3.45. The monoisotopic (exact) mass is 276 g/mol. The fourth-order valence-corrected chi connectivity index (χ4v) is 2.25. The van der Waals surface area contributed by atoms with Crippen LogP contribution in [-0.2, 0) is 5.33 Å². The van der Waals surface area contributed by atoms with Gasteiger partial charge in [-0.15, -0.1) is 0 Å². The van der Waals surface area contributed by atoms with E-state index in [-0.39, 0.29) is 0 Å². The average molecular weight is 277 g/mol. The molecule has 0 fully saturated rings. The minimum atomic E-state index is 0.464. The summed E-state index contributed by atoms with van der Waals surface area (Å²) in [5, 5.41) is 0.738. The predicted octanol–water partition coefficient (Wildman–Crippen LogP) is 2.36. The van der Waals surface area contributed by atoms with Crippen molar-refractivity contribution in [3.8, 4) is 0 Å². The molecular weight excluding hydrogens is 268 g/mol. The summed E-state index contributed by atoms with van der Waals surface area (Å²) < 4.78 is 2.03. The van der Waals surface area contributed by atoms with Crippen LogP contribution in [0.3, 0.4) is 0 Å². The average Bonchev–Trinajstić information content (AvgIpc) is 2.74. The molecule has 0 bridgehead atoms. The lowest BCUT2D eigenvalue weighted by Gasteiger charge is -2.05. The van der Waals surface area contributed by atoms with Gasteiger partial charge < -0.3 is 5.73 Å². The quantitative estimate of drug-likeness (QED) is 0.695. The zero-order valence-electron chi connectivity index (χ0n) is 8.39. The summed E-state index contributed by atoms with van der Waals surface area (Å²) >= 11 is 3.45. The standard InChI is InChI=1S/C11H9BrN4/c12-5-7-6-14-11-10(13)15-8-3-1-2-4-9(8)16(7)11/h1-4,6H,5H2,(H2,13,15). The zero-order chi connectivity index (χ0) is 11.1. The molecule has 0 aliphatic heterocycles. The minimum absolute atomic E-state index is 0.464. The summed E-state index contributed by atoms with van der Waals surface area (Å²) in [5.41, 5.74) is 9.57. The van der Waals surface area contributed by atoms with E-state index < -0.39 is 0 Å². The lowest BCUT2D eigenvalue weighted by Crippen LogP contribution is -2.00. The van der Waals surface area contributed by atoms with Crippen LogP contribution in [0.1, 0.15) is 5.69 Å². The van der Waals surface area contributed by atoms with Gasteiger partial charge in [0.15, 0.2) is 11.5 Å². The predicted molar refractivity (Wildman–Crippen MR) is 67.5 cm³/mol. The van der Waals surface area contributed by atoms with Crippen LogP contribution >= 0.6 is 15.9 Å². The molecule has 2 N–H and O–H groups in total. The molecule has 3 rings (SSSR count). The Labute approximate surface area is 100 Å². The fourth-order valence-electron chi connectivity index (χ4n) is 1.86. The summed E-state index contributed by atoms with van der Waals surface area (Å²) in [5.74, 6) is 0.464. The summed E-state index contributed by atoms with van der Waals surface area (Å²) in [7, 11) is 0. The minimum Gasteiger partial charge on any atom is -0.381 e. The van der Waals surface area contributed by atoms with Crippen LogP contribution in [-0.4, -0.2) is 14.4 Å². The number of rotatable bonds is 1. The van der Waals surface area contributed by atoms with Crippen LogP contribution in [0.2, 0.25) is 0 Å². The van der Waals surface area contributed by atoms with Gasteiger partial charge in [-0.2, -0.15) is 0 Å². The fraction of sp³-hybridized carbons (Fsp3) is 0.0909. The third-order valence-corrected chi connectivity index (χ3v) is 3.14. The van der Waals surface area contributed by atoms with Crippen LogP contribution in [0, 0.1) is 0 Å². The maximum atomic E-state index is 5.88. The highest BCUT2D eigenvalue weighted by molar-refractivity contribution is 9.08. The number of nitrogens with two attached hydrogens (primary N) is 1. The van der Waals surface area contributed by atoms with Crippen molar-refractivity contribution in [2.45, 2.75) is 5.33 Å². The second-order valence-corrected chi connectivity index (χ2v) is 4.09. The topological polar surface area (TPSA) is 56.2 Å². The van der Waals surface area contributed by atoms with E-state index in [1.807, 2.05) is 34.9 Å². The lowest BCUT2D eigenvalue weighted by atomic mass is 10.3. The zero-order valence-corrected chi connectivity index (χ0v) is 9.98. The number of aromatic nitrogens is 3. The van der Waals surface area contributed by atoms with Gasteiger partial charge in [-0.3, -0.25) is 4.40 Å². The first-order valence-corrected chi connectivity index (χ1v) is 6.00. The smallest absolute Gasteiger partial charge is 0.180 e. The number of benzene rings is 1. The van der Waals surface area contributed by atoms with Crippen molar-refractivity contribution in [3.05, 3.63) is 36.2 Å². The highest BCUT2D eigenvalue weighted by Gasteiger charge is 2.10. The number of halogens is 1. The molecule has 3 aromatic rings. The number of para-hydroxylation sites is 2. The normalized spacial score (nSPS) is 11.3. The molecule has 0 aliphatic carbocycles. The maximum absolute atomic E-state index is 5.88. The first-order chi connectivity index (χ1) is 7.81. The van der Waals surface area contributed by atoms with Crippen LogP contribution in [0.25, 0.3) is 16.7 Å². The summed E-state index contributed by atoms with van der Waals surface area (Å²) in [6.07, 6.45) is 1.81. The van der Waals surface area contributed by atoms with Gasteiger partial charge in [0.25, 0.3) is 0 Å². The van der Waals surface area contributed by atoms with E-state index in [0.29, 0.717) is 11.5 Å². The number of fused-ring (bicyclic) bond motifs is 3. The first-order valence-electron chi connectivity index (χ1n) is 4.88. The molecule has 0 amide bonds. The second-order valence-electron chi connectivity index (χ2n) is 3.53. The van der Waals surface area contributed by atoms with Crippen molar-refractivity contribution in [3.63, 3.8) is 0 Å². The summed E-state index contributed by atoms with van der Waals surface area (Å²) in [6.45, 7) is 0. The van der Waals surface area contributed by atoms with Gasteiger partial charge in [0, 0.05) is 5.33 Å². The Kier molecular flexibility index (Phi) is 2.07. The Hall–Kier alpha value is -1.62. The van der Waals surface area contributed by atoms with Crippen molar-refractivity contribution >= 4 is 38.4 Å². The highest BCUT2D eigenvalue weighted by Crippen LogP contribution is 2.21. The lowest BCUT2D eigenvalue weighted by molar-refractivity contribution is 1.13.